The number of alkyl halides is 3. The van der Waals surface area contributed by atoms with Crippen molar-refractivity contribution in [3.05, 3.63) is 23.9 Å². The Hall–Kier alpha value is -1.83. The minimum atomic E-state index is -4.40. The molecule has 8 heteroatoms. The van der Waals surface area contributed by atoms with E-state index in [2.05, 4.69) is 4.98 Å². The van der Waals surface area contributed by atoms with Gasteiger partial charge in [-0.05, 0) is 57.1 Å². The number of halogens is 3. The number of hydrogen-bond donors (Lipinski definition) is 1. The maximum atomic E-state index is 13.3. The Morgan fingerprint density at radius 2 is 1.86 bits per heavy atom. The first-order valence-corrected chi connectivity index (χ1v) is 10.1. The van der Waals surface area contributed by atoms with Crippen molar-refractivity contribution in [3.63, 3.8) is 0 Å². The summed E-state index contributed by atoms with van der Waals surface area (Å²) in [6, 6.07) is 2.66. The van der Waals surface area contributed by atoms with Crippen LogP contribution in [0.15, 0.2) is 18.3 Å². The number of rotatable bonds is 2. The van der Waals surface area contributed by atoms with Gasteiger partial charge in [-0.15, -0.1) is 0 Å². The average molecular weight is 397 g/mol. The molecule has 0 aromatic carbocycles. The summed E-state index contributed by atoms with van der Waals surface area (Å²) in [5.41, 5.74) is -1.22. The number of aliphatic hydroxyl groups is 1. The highest BCUT2D eigenvalue weighted by atomic mass is 19.4. The van der Waals surface area contributed by atoms with Crippen LogP contribution in [0.3, 0.4) is 0 Å². The van der Waals surface area contributed by atoms with Crippen LogP contribution in [0.2, 0.25) is 0 Å². The lowest BCUT2D eigenvalue weighted by atomic mass is 9.78. The molecule has 1 saturated carbocycles. The number of pyridine rings is 1. The van der Waals surface area contributed by atoms with Gasteiger partial charge < -0.3 is 14.9 Å². The quantitative estimate of drug-likeness (QED) is 0.833. The number of carbonyl (C=O) groups excluding carboxylic acids is 1. The zero-order valence-electron chi connectivity index (χ0n) is 15.8. The first-order valence-electron chi connectivity index (χ1n) is 10.1. The molecule has 1 atom stereocenters. The standard InChI is InChI=1S/C20H26F3N3O2/c21-20(22,23)14-2-7-17(24-12-14)25-10-1-8-19(13-25)9-11-26(18(19)28)15-3-5-16(27)6-4-15/h2,7,12,15-16,27H,1,3-6,8-11,13H2/t15?,16?,19-/m1/s1. The molecule has 4 rings (SSSR count). The monoisotopic (exact) mass is 397 g/mol. The second-order valence-electron chi connectivity index (χ2n) is 8.42. The third-order valence-electron chi connectivity index (χ3n) is 6.63. The lowest BCUT2D eigenvalue weighted by Gasteiger charge is -2.41. The van der Waals surface area contributed by atoms with Crippen LogP contribution in [0, 0.1) is 5.41 Å². The molecule has 28 heavy (non-hydrogen) atoms. The number of hydrogen-bond acceptors (Lipinski definition) is 4. The number of nitrogens with zero attached hydrogens (tertiary/aromatic N) is 3. The molecule has 5 nitrogen and oxygen atoms in total. The Bertz CT molecular complexity index is 716. The van der Waals surface area contributed by atoms with Crippen LogP contribution < -0.4 is 4.90 Å². The summed E-state index contributed by atoms with van der Waals surface area (Å²) in [4.78, 5) is 21.3. The van der Waals surface area contributed by atoms with Crippen molar-refractivity contribution in [2.45, 2.75) is 63.3 Å². The van der Waals surface area contributed by atoms with Gasteiger partial charge in [-0.25, -0.2) is 4.98 Å². The lowest BCUT2D eigenvalue weighted by Crippen LogP contribution is -2.50. The molecule has 1 N–H and O–H groups in total. The number of piperidine rings is 1. The van der Waals surface area contributed by atoms with Crippen LogP contribution in [0.5, 0.6) is 0 Å². The van der Waals surface area contributed by atoms with E-state index < -0.39 is 17.2 Å². The number of carbonyl (C=O) groups is 1. The predicted molar refractivity (Wildman–Crippen MR) is 97.7 cm³/mol. The largest absolute Gasteiger partial charge is 0.417 e. The molecular weight excluding hydrogens is 371 g/mol. The van der Waals surface area contributed by atoms with Crippen molar-refractivity contribution in [1.82, 2.24) is 9.88 Å². The molecule has 2 saturated heterocycles. The van der Waals surface area contributed by atoms with E-state index in [0.29, 0.717) is 18.9 Å². The smallest absolute Gasteiger partial charge is 0.393 e. The van der Waals surface area contributed by atoms with E-state index in [1.165, 1.54) is 6.07 Å². The van der Waals surface area contributed by atoms with Crippen molar-refractivity contribution in [1.29, 1.82) is 0 Å². The van der Waals surface area contributed by atoms with Crippen molar-refractivity contribution in [3.8, 4) is 0 Å². The summed E-state index contributed by atoms with van der Waals surface area (Å²) in [5.74, 6) is 0.671. The molecule has 1 aliphatic carbocycles. The molecule has 2 aliphatic heterocycles. The van der Waals surface area contributed by atoms with Gasteiger partial charge in [0.05, 0.1) is 17.1 Å². The predicted octanol–water partition coefficient (Wildman–Crippen LogP) is 3.22. The molecule has 3 fully saturated rings. The Labute approximate surface area is 162 Å². The van der Waals surface area contributed by atoms with Gasteiger partial charge >= 0.3 is 6.18 Å². The molecular formula is C20H26F3N3O2. The second kappa shape index (κ2) is 7.21. The van der Waals surface area contributed by atoms with Crippen LogP contribution in [0.4, 0.5) is 19.0 Å². The van der Waals surface area contributed by atoms with Crippen molar-refractivity contribution in [2.24, 2.45) is 5.41 Å². The maximum Gasteiger partial charge on any atom is 0.417 e. The second-order valence-corrected chi connectivity index (χ2v) is 8.42. The Morgan fingerprint density at radius 3 is 2.50 bits per heavy atom. The fourth-order valence-corrected chi connectivity index (χ4v) is 5.01. The zero-order valence-corrected chi connectivity index (χ0v) is 15.8. The molecule has 154 valence electrons. The summed E-state index contributed by atoms with van der Waals surface area (Å²) in [6.45, 7) is 1.94. The Morgan fingerprint density at radius 1 is 1.11 bits per heavy atom. The normalized spacial score (nSPS) is 31.6. The summed E-state index contributed by atoms with van der Waals surface area (Å²) in [7, 11) is 0. The van der Waals surface area contributed by atoms with Crippen molar-refractivity contribution in [2.75, 3.05) is 24.5 Å². The number of amides is 1. The molecule has 0 radical (unpaired) electrons. The summed E-state index contributed by atoms with van der Waals surface area (Å²) in [5, 5.41) is 9.72. The molecule has 0 bridgehead atoms. The van der Waals surface area contributed by atoms with E-state index in [0.717, 1.165) is 63.8 Å². The fourth-order valence-electron chi connectivity index (χ4n) is 5.01. The van der Waals surface area contributed by atoms with E-state index in [1.54, 1.807) is 0 Å². The van der Waals surface area contributed by atoms with Gasteiger partial charge in [-0.1, -0.05) is 0 Å². The summed E-state index contributed by atoms with van der Waals surface area (Å²) in [6.07, 6.45) is 1.80. The molecule has 1 aromatic heterocycles. The highest BCUT2D eigenvalue weighted by Gasteiger charge is 2.50. The number of aromatic nitrogens is 1. The highest BCUT2D eigenvalue weighted by molar-refractivity contribution is 5.86. The summed E-state index contributed by atoms with van der Waals surface area (Å²) >= 11 is 0. The van der Waals surface area contributed by atoms with Gasteiger partial charge in [-0.2, -0.15) is 13.2 Å². The molecule has 3 heterocycles. The van der Waals surface area contributed by atoms with Crippen LogP contribution in [-0.2, 0) is 11.0 Å². The molecule has 3 aliphatic rings. The Kier molecular flexibility index (Phi) is 5.02. The SMILES string of the molecule is O=C1N(C2CCC(O)CC2)CC[C@@]12CCCN(c1ccc(C(F)(F)F)cn1)C2. The highest BCUT2D eigenvalue weighted by Crippen LogP contribution is 2.43. The van der Waals surface area contributed by atoms with Gasteiger partial charge in [0.25, 0.3) is 0 Å². The van der Waals surface area contributed by atoms with Gasteiger partial charge in [0.15, 0.2) is 0 Å². The van der Waals surface area contributed by atoms with Crippen LogP contribution in [-0.4, -0.2) is 52.7 Å². The third kappa shape index (κ3) is 3.58. The van der Waals surface area contributed by atoms with Gasteiger partial charge in [0.1, 0.15) is 5.82 Å². The maximum absolute atomic E-state index is 13.3. The summed E-state index contributed by atoms with van der Waals surface area (Å²) < 4.78 is 38.3. The fraction of sp³-hybridized carbons (Fsp3) is 0.700. The van der Waals surface area contributed by atoms with Crippen molar-refractivity contribution >= 4 is 11.7 Å². The van der Waals surface area contributed by atoms with E-state index in [9.17, 15) is 23.1 Å². The van der Waals surface area contributed by atoms with E-state index in [-0.39, 0.29) is 18.1 Å². The van der Waals surface area contributed by atoms with Crippen LogP contribution in [0.25, 0.3) is 0 Å². The first kappa shape index (κ1) is 19.5. The molecule has 1 aromatic rings. The minimum absolute atomic E-state index is 0.172. The van der Waals surface area contributed by atoms with E-state index >= 15 is 0 Å². The van der Waals surface area contributed by atoms with E-state index in [4.69, 9.17) is 0 Å². The minimum Gasteiger partial charge on any atom is -0.393 e. The zero-order chi connectivity index (χ0) is 19.9. The number of likely N-dealkylation sites (tertiary alicyclic amines) is 1. The van der Waals surface area contributed by atoms with Gasteiger partial charge in [0, 0.05) is 31.9 Å². The average Bonchev–Trinajstić information content (AvgIpc) is 2.98. The van der Waals surface area contributed by atoms with Gasteiger partial charge in [0.2, 0.25) is 5.91 Å². The molecule has 1 spiro atoms. The topological polar surface area (TPSA) is 56.7 Å². The first-order chi connectivity index (χ1) is 13.3. The van der Waals surface area contributed by atoms with E-state index in [1.807, 2.05) is 9.80 Å². The Balaban J connectivity index is 1.47. The lowest BCUT2D eigenvalue weighted by molar-refractivity contribution is -0.139. The van der Waals surface area contributed by atoms with Gasteiger partial charge in [-0.3, -0.25) is 4.79 Å². The van der Waals surface area contributed by atoms with Crippen molar-refractivity contribution < 1.29 is 23.1 Å². The third-order valence-corrected chi connectivity index (χ3v) is 6.63. The molecule has 1 amide bonds. The number of anilines is 1. The van der Waals surface area contributed by atoms with Crippen LogP contribution in [0.1, 0.15) is 50.5 Å². The molecule has 0 unspecified atom stereocenters. The number of aliphatic hydroxyl groups excluding tert-OH is 1. The van der Waals surface area contributed by atoms with Crippen LogP contribution >= 0.6 is 0 Å².